The van der Waals surface area contributed by atoms with Gasteiger partial charge in [-0.05, 0) is 42.8 Å². The lowest BCUT2D eigenvalue weighted by Crippen LogP contribution is -2.05. The SMILES string of the molecule is COc1ccc(Br)c(COc2c(C)cc(Br)cc2CN)c1. The number of nitrogens with two attached hydrogens (primary N) is 1. The van der Waals surface area contributed by atoms with Gasteiger partial charge in [-0.15, -0.1) is 0 Å². The van der Waals surface area contributed by atoms with Crippen molar-refractivity contribution < 1.29 is 9.47 Å². The van der Waals surface area contributed by atoms with Gasteiger partial charge in [0.1, 0.15) is 18.1 Å². The van der Waals surface area contributed by atoms with Crippen molar-refractivity contribution in [1.82, 2.24) is 0 Å². The average Bonchev–Trinajstić information content (AvgIpc) is 2.47. The van der Waals surface area contributed by atoms with Crippen molar-refractivity contribution in [2.75, 3.05) is 7.11 Å². The molecule has 5 heteroatoms. The zero-order chi connectivity index (χ0) is 15.4. The third-order valence-corrected chi connectivity index (χ3v) is 4.39. The van der Waals surface area contributed by atoms with Crippen LogP contribution in [0.25, 0.3) is 0 Å². The fourth-order valence-electron chi connectivity index (χ4n) is 2.10. The maximum Gasteiger partial charge on any atom is 0.127 e. The molecule has 0 spiro atoms. The van der Waals surface area contributed by atoms with Crippen molar-refractivity contribution in [3.63, 3.8) is 0 Å². The molecule has 112 valence electrons. The van der Waals surface area contributed by atoms with Gasteiger partial charge < -0.3 is 15.2 Å². The fraction of sp³-hybridized carbons (Fsp3) is 0.250. The van der Waals surface area contributed by atoms with Gasteiger partial charge in [0.15, 0.2) is 0 Å². The lowest BCUT2D eigenvalue weighted by atomic mass is 10.1. The highest BCUT2D eigenvalue weighted by molar-refractivity contribution is 9.10. The fourth-order valence-corrected chi connectivity index (χ4v) is 3.08. The van der Waals surface area contributed by atoms with Crippen molar-refractivity contribution in [2.24, 2.45) is 5.73 Å². The largest absolute Gasteiger partial charge is 0.497 e. The smallest absolute Gasteiger partial charge is 0.127 e. The van der Waals surface area contributed by atoms with E-state index in [-0.39, 0.29) is 0 Å². The Labute approximate surface area is 141 Å². The first-order valence-corrected chi connectivity index (χ1v) is 8.08. The van der Waals surface area contributed by atoms with Crippen LogP contribution in [0.5, 0.6) is 11.5 Å². The highest BCUT2D eigenvalue weighted by Gasteiger charge is 2.10. The third-order valence-electron chi connectivity index (χ3n) is 3.16. The molecule has 2 aromatic rings. The molecule has 3 nitrogen and oxygen atoms in total. The summed E-state index contributed by atoms with van der Waals surface area (Å²) in [6, 6.07) is 9.83. The Morgan fingerprint density at radius 1 is 1.10 bits per heavy atom. The van der Waals surface area contributed by atoms with Crippen LogP contribution < -0.4 is 15.2 Å². The van der Waals surface area contributed by atoms with Crippen LogP contribution in [0.1, 0.15) is 16.7 Å². The first-order valence-electron chi connectivity index (χ1n) is 6.49. The number of benzene rings is 2. The Bertz CT molecular complexity index is 644. The predicted molar refractivity (Wildman–Crippen MR) is 91.8 cm³/mol. The van der Waals surface area contributed by atoms with E-state index in [1.165, 1.54) is 0 Å². The molecule has 0 aliphatic heterocycles. The predicted octanol–water partition coefficient (Wildman–Crippen LogP) is 4.57. The molecule has 0 unspecified atom stereocenters. The number of methoxy groups -OCH3 is 1. The molecule has 0 saturated heterocycles. The number of ether oxygens (including phenoxy) is 2. The summed E-state index contributed by atoms with van der Waals surface area (Å²) < 4.78 is 13.2. The van der Waals surface area contributed by atoms with E-state index in [1.54, 1.807) is 7.11 Å². The number of rotatable bonds is 5. The molecular weight excluding hydrogens is 398 g/mol. The van der Waals surface area contributed by atoms with Gasteiger partial charge in [-0.3, -0.25) is 0 Å². The number of aryl methyl sites for hydroxylation is 1. The first-order chi connectivity index (χ1) is 10.0. The summed E-state index contributed by atoms with van der Waals surface area (Å²) >= 11 is 7.01. The lowest BCUT2D eigenvalue weighted by molar-refractivity contribution is 0.299. The lowest BCUT2D eigenvalue weighted by Gasteiger charge is -2.15. The summed E-state index contributed by atoms with van der Waals surface area (Å²) in [7, 11) is 1.65. The molecule has 0 aliphatic rings. The van der Waals surface area contributed by atoms with Gasteiger partial charge in [0, 0.05) is 26.6 Å². The molecule has 0 saturated carbocycles. The monoisotopic (exact) mass is 413 g/mol. The van der Waals surface area contributed by atoms with Crippen LogP contribution in [0.2, 0.25) is 0 Å². The van der Waals surface area contributed by atoms with Crippen LogP contribution in [-0.2, 0) is 13.2 Å². The third kappa shape index (κ3) is 3.99. The summed E-state index contributed by atoms with van der Waals surface area (Å²) in [6.07, 6.45) is 0. The maximum atomic E-state index is 5.99. The molecule has 0 aromatic heterocycles. The first kappa shape index (κ1) is 16.3. The van der Waals surface area contributed by atoms with Crippen molar-refractivity contribution in [2.45, 2.75) is 20.1 Å². The summed E-state index contributed by atoms with van der Waals surface area (Å²) in [5.74, 6) is 1.65. The minimum atomic E-state index is 0.439. The average molecular weight is 415 g/mol. The van der Waals surface area contributed by atoms with Crippen molar-refractivity contribution in [1.29, 1.82) is 0 Å². The van der Waals surface area contributed by atoms with E-state index >= 15 is 0 Å². The molecule has 0 bridgehead atoms. The Kier molecular flexibility index (Phi) is 5.67. The van der Waals surface area contributed by atoms with Gasteiger partial charge in [-0.1, -0.05) is 31.9 Å². The number of hydrogen-bond acceptors (Lipinski definition) is 3. The molecule has 2 aromatic carbocycles. The summed E-state index contributed by atoms with van der Waals surface area (Å²) in [5, 5.41) is 0. The van der Waals surface area contributed by atoms with Gasteiger partial charge in [-0.25, -0.2) is 0 Å². The minimum absolute atomic E-state index is 0.439. The van der Waals surface area contributed by atoms with E-state index in [1.807, 2.05) is 37.3 Å². The number of hydrogen-bond donors (Lipinski definition) is 1. The molecular formula is C16H17Br2NO2. The van der Waals surface area contributed by atoms with Gasteiger partial charge in [-0.2, -0.15) is 0 Å². The molecule has 0 radical (unpaired) electrons. The second-order valence-electron chi connectivity index (χ2n) is 4.66. The standard InChI is InChI=1S/C16H17Br2NO2/c1-10-5-13(17)6-11(8-19)16(10)21-9-12-7-14(20-2)3-4-15(12)18/h3-7H,8-9,19H2,1-2H3. The van der Waals surface area contributed by atoms with E-state index in [4.69, 9.17) is 15.2 Å². The molecule has 0 amide bonds. The Morgan fingerprint density at radius 2 is 1.86 bits per heavy atom. The molecule has 0 atom stereocenters. The van der Waals surface area contributed by atoms with E-state index in [0.717, 1.165) is 37.1 Å². The van der Waals surface area contributed by atoms with Crippen LogP contribution in [0.4, 0.5) is 0 Å². The van der Waals surface area contributed by atoms with Gasteiger partial charge in [0.25, 0.3) is 0 Å². The molecule has 21 heavy (non-hydrogen) atoms. The molecule has 2 rings (SSSR count). The zero-order valence-corrected chi connectivity index (χ0v) is 15.1. The Morgan fingerprint density at radius 3 is 2.52 bits per heavy atom. The topological polar surface area (TPSA) is 44.5 Å². The summed E-state index contributed by atoms with van der Waals surface area (Å²) in [6.45, 7) is 2.90. The second-order valence-corrected chi connectivity index (χ2v) is 6.43. The van der Waals surface area contributed by atoms with Crippen LogP contribution in [-0.4, -0.2) is 7.11 Å². The van der Waals surface area contributed by atoms with Crippen LogP contribution in [0.3, 0.4) is 0 Å². The van der Waals surface area contributed by atoms with E-state index in [9.17, 15) is 0 Å². The molecule has 0 aliphatic carbocycles. The van der Waals surface area contributed by atoms with Gasteiger partial charge in [0.2, 0.25) is 0 Å². The molecule has 0 heterocycles. The number of halogens is 2. The van der Waals surface area contributed by atoms with Crippen LogP contribution >= 0.6 is 31.9 Å². The van der Waals surface area contributed by atoms with Crippen molar-refractivity contribution in [3.05, 3.63) is 56.0 Å². The van der Waals surface area contributed by atoms with Crippen LogP contribution in [0, 0.1) is 6.92 Å². The highest BCUT2D eigenvalue weighted by atomic mass is 79.9. The Hall–Kier alpha value is -1.04. The normalized spacial score (nSPS) is 10.5. The minimum Gasteiger partial charge on any atom is -0.497 e. The highest BCUT2D eigenvalue weighted by Crippen LogP contribution is 2.30. The van der Waals surface area contributed by atoms with Crippen molar-refractivity contribution >= 4 is 31.9 Å². The Balaban J connectivity index is 2.24. The van der Waals surface area contributed by atoms with Crippen molar-refractivity contribution in [3.8, 4) is 11.5 Å². The van der Waals surface area contributed by atoms with Crippen LogP contribution in [0.15, 0.2) is 39.3 Å². The van der Waals surface area contributed by atoms with Gasteiger partial charge in [0.05, 0.1) is 7.11 Å². The summed E-state index contributed by atoms with van der Waals surface area (Å²) in [5.41, 5.74) is 8.88. The van der Waals surface area contributed by atoms with Gasteiger partial charge >= 0.3 is 0 Å². The van der Waals surface area contributed by atoms with E-state index in [0.29, 0.717) is 13.2 Å². The summed E-state index contributed by atoms with van der Waals surface area (Å²) in [4.78, 5) is 0. The van der Waals surface area contributed by atoms with E-state index in [2.05, 4.69) is 31.9 Å². The second kappa shape index (κ2) is 7.29. The maximum absolute atomic E-state index is 5.99. The van der Waals surface area contributed by atoms with E-state index < -0.39 is 0 Å². The molecule has 2 N–H and O–H groups in total. The quantitative estimate of drug-likeness (QED) is 0.779. The molecule has 0 fully saturated rings. The zero-order valence-electron chi connectivity index (χ0n) is 12.0.